The van der Waals surface area contributed by atoms with Gasteiger partial charge in [0, 0.05) is 17.5 Å². The first kappa shape index (κ1) is 11.1. The monoisotopic (exact) mass is 224 g/mol. The van der Waals surface area contributed by atoms with Crippen molar-refractivity contribution in [2.75, 3.05) is 13.1 Å². The molecule has 0 aromatic carbocycles. The molecule has 1 aromatic rings. The van der Waals surface area contributed by atoms with Crippen molar-refractivity contribution in [3.63, 3.8) is 0 Å². The third-order valence-electron chi connectivity index (χ3n) is 3.35. The van der Waals surface area contributed by atoms with Gasteiger partial charge in [0.2, 0.25) is 0 Å². The highest BCUT2D eigenvalue weighted by atomic mass is 32.1. The van der Waals surface area contributed by atoms with Crippen molar-refractivity contribution in [1.82, 2.24) is 10.3 Å². The quantitative estimate of drug-likeness (QED) is 0.850. The highest BCUT2D eigenvalue weighted by Crippen LogP contribution is 2.24. The Hall–Kier alpha value is -0.410. The number of nitrogens with zero attached hydrogens (tertiary/aromatic N) is 1. The van der Waals surface area contributed by atoms with E-state index in [0.29, 0.717) is 0 Å². The molecule has 2 atom stereocenters. The molecule has 1 saturated heterocycles. The van der Waals surface area contributed by atoms with Gasteiger partial charge in [-0.25, -0.2) is 4.98 Å². The first-order chi connectivity index (χ1) is 7.29. The van der Waals surface area contributed by atoms with E-state index in [1.807, 2.05) is 17.5 Å². The van der Waals surface area contributed by atoms with Gasteiger partial charge in [-0.2, -0.15) is 0 Å². The van der Waals surface area contributed by atoms with Gasteiger partial charge in [-0.05, 0) is 37.8 Å². The third kappa shape index (κ3) is 2.79. The number of rotatable bonds is 4. The van der Waals surface area contributed by atoms with Crippen LogP contribution in [0, 0.1) is 11.8 Å². The number of hydrogen-bond acceptors (Lipinski definition) is 3. The van der Waals surface area contributed by atoms with Crippen LogP contribution in [0.5, 0.6) is 0 Å². The van der Waals surface area contributed by atoms with Gasteiger partial charge in [-0.15, -0.1) is 11.3 Å². The molecule has 2 unspecified atom stereocenters. The van der Waals surface area contributed by atoms with Gasteiger partial charge in [0.15, 0.2) is 0 Å². The first-order valence-corrected chi connectivity index (χ1v) is 6.75. The first-order valence-electron chi connectivity index (χ1n) is 5.94. The summed E-state index contributed by atoms with van der Waals surface area (Å²) in [6, 6.07) is 0. The van der Waals surface area contributed by atoms with Crippen molar-refractivity contribution < 1.29 is 0 Å². The highest BCUT2D eigenvalue weighted by molar-refractivity contribution is 7.11. The van der Waals surface area contributed by atoms with Crippen molar-refractivity contribution in [2.45, 2.75) is 33.1 Å². The Labute approximate surface area is 96.1 Å². The van der Waals surface area contributed by atoms with Crippen LogP contribution in [-0.2, 0) is 12.8 Å². The number of nitrogens with one attached hydrogen (secondary N) is 1. The molecule has 0 aliphatic carbocycles. The van der Waals surface area contributed by atoms with Gasteiger partial charge < -0.3 is 5.32 Å². The van der Waals surface area contributed by atoms with Crippen molar-refractivity contribution in [3.8, 4) is 0 Å². The van der Waals surface area contributed by atoms with Gasteiger partial charge in [0.1, 0.15) is 0 Å². The molecule has 0 spiro atoms. The summed E-state index contributed by atoms with van der Waals surface area (Å²) in [6.07, 6.45) is 5.67. The molecular formula is C12H20N2S. The summed E-state index contributed by atoms with van der Waals surface area (Å²) >= 11 is 1.89. The largest absolute Gasteiger partial charge is 0.316 e. The third-order valence-corrected chi connectivity index (χ3v) is 4.51. The van der Waals surface area contributed by atoms with Crippen molar-refractivity contribution in [3.05, 3.63) is 16.1 Å². The second kappa shape index (κ2) is 5.08. The summed E-state index contributed by atoms with van der Waals surface area (Å²) < 4.78 is 0. The van der Waals surface area contributed by atoms with E-state index in [9.17, 15) is 0 Å². The SMILES string of the molecule is CCc1cnc(CC(C)C2CCNC2)s1. The minimum atomic E-state index is 0.774. The fourth-order valence-electron chi connectivity index (χ4n) is 2.21. The van der Waals surface area contributed by atoms with Gasteiger partial charge >= 0.3 is 0 Å². The molecule has 2 nitrogen and oxygen atoms in total. The lowest BCUT2D eigenvalue weighted by molar-refractivity contribution is 0.384. The zero-order chi connectivity index (χ0) is 10.7. The van der Waals surface area contributed by atoms with E-state index in [2.05, 4.69) is 24.1 Å². The van der Waals surface area contributed by atoms with E-state index in [0.717, 1.165) is 24.7 Å². The van der Waals surface area contributed by atoms with Crippen LogP contribution < -0.4 is 5.32 Å². The van der Waals surface area contributed by atoms with Crippen LogP contribution in [0.25, 0.3) is 0 Å². The lowest BCUT2D eigenvalue weighted by Gasteiger charge is -2.16. The fraction of sp³-hybridized carbons (Fsp3) is 0.750. The molecular weight excluding hydrogens is 204 g/mol. The fourth-order valence-corrected chi connectivity index (χ4v) is 3.21. The minimum Gasteiger partial charge on any atom is -0.316 e. The molecule has 2 heterocycles. The Morgan fingerprint density at radius 2 is 2.53 bits per heavy atom. The Bertz CT molecular complexity index is 302. The molecule has 1 aliphatic rings. The molecule has 0 bridgehead atoms. The van der Waals surface area contributed by atoms with Crippen LogP contribution in [0.3, 0.4) is 0 Å². The van der Waals surface area contributed by atoms with Crippen LogP contribution in [-0.4, -0.2) is 18.1 Å². The van der Waals surface area contributed by atoms with E-state index in [1.54, 1.807) is 0 Å². The summed E-state index contributed by atoms with van der Waals surface area (Å²) in [5, 5.41) is 4.76. The molecule has 15 heavy (non-hydrogen) atoms. The number of hydrogen-bond donors (Lipinski definition) is 1. The average molecular weight is 224 g/mol. The second-order valence-electron chi connectivity index (χ2n) is 4.51. The number of aryl methyl sites for hydroxylation is 1. The molecule has 3 heteroatoms. The summed E-state index contributed by atoms with van der Waals surface area (Å²) in [5.41, 5.74) is 0. The van der Waals surface area contributed by atoms with Gasteiger partial charge in [0.05, 0.1) is 5.01 Å². The number of aromatic nitrogens is 1. The zero-order valence-corrected chi connectivity index (χ0v) is 10.4. The van der Waals surface area contributed by atoms with Crippen LogP contribution >= 0.6 is 11.3 Å². The molecule has 1 N–H and O–H groups in total. The van der Waals surface area contributed by atoms with Crippen LogP contribution in [0.1, 0.15) is 30.2 Å². The zero-order valence-electron chi connectivity index (χ0n) is 9.62. The van der Waals surface area contributed by atoms with E-state index in [4.69, 9.17) is 0 Å². The van der Waals surface area contributed by atoms with Crippen molar-refractivity contribution >= 4 is 11.3 Å². The minimum absolute atomic E-state index is 0.774. The van der Waals surface area contributed by atoms with Crippen LogP contribution in [0.2, 0.25) is 0 Å². The van der Waals surface area contributed by atoms with E-state index in [-0.39, 0.29) is 0 Å². The van der Waals surface area contributed by atoms with Gasteiger partial charge in [-0.1, -0.05) is 13.8 Å². The molecule has 1 aromatic heterocycles. The van der Waals surface area contributed by atoms with Crippen LogP contribution in [0.4, 0.5) is 0 Å². The standard InChI is InChI=1S/C12H20N2S/c1-3-11-8-14-12(15-11)6-9(2)10-4-5-13-7-10/h8-10,13H,3-7H2,1-2H3. The normalized spacial score (nSPS) is 23.2. The van der Waals surface area contributed by atoms with E-state index in [1.165, 1.54) is 29.4 Å². The van der Waals surface area contributed by atoms with Gasteiger partial charge in [0.25, 0.3) is 0 Å². The summed E-state index contributed by atoms with van der Waals surface area (Å²) in [4.78, 5) is 5.91. The van der Waals surface area contributed by atoms with Gasteiger partial charge in [-0.3, -0.25) is 0 Å². The molecule has 1 aliphatic heterocycles. The lowest BCUT2D eigenvalue weighted by atomic mass is 9.91. The Kier molecular flexibility index (Phi) is 3.76. The molecule has 0 radical (unpaired) electrons. The maximum atomic E-state index is 4.50. The van der Waals surface area contributed by atoms with E-state index >= 15 is 0 Å². The maximum Gasteiger partial charge on any atom is 0.0930 e. The lowest BCUT2D eigenvalue weighted by Crippen LogP contribution is -2.17. The van der Waals surface area contributed by atoms with E-state index < -0.39 is 0 Å². The number of thiazole rings is 1. The summed E-state index contributed by atoms with van der Waals surface area (Å²) in [5.74, 6) is 1.63. The Morgan fingerprint density at radius 1 is 1.67 bits per heavy atom. The molecule has 1 fully saturated rings. The van der Waals surface area contributed by atoms with Crippen molar-refractivity contribution in [2.24, 2.45) is 11.8 Å². The smallest absolute Gasteiger partial charge is 0.0930 e. The molecule has 2 rings (SSSR count). The Balaban J connectivity index is 1.89. The summed E-state index contributed by atoms with van der Waals surface area (Å²) in [6.45, 7) is 6.96. The predicted octanol–water partition coefficient (Wildman–Crippen LogP) is 2.49. The maximum absolute atomic E-state index is 4.50. The second-order valence-corrected chi connectivity index (χ2v) is 5.71. The molecule has 84 valence electrons. The molecule has 0 amide bonds. The highest BCUT2D eigenvalue weighted by Gasteiger charge is 2.22. The summed E-state index contributed by atoms with van der Waals surface area (Å²) in [7, 11) is 0. The van der Waals surface area contributed by atoms with Crippen molar-refractivity contribution in [1.29, 1.82) is 0 Å². The molecule has 0 saturated carbocycles. The predicted molar refractivity (Wildman–Crippen MR) is 65.3 cm³/mol. The topological polar surface area (TPSA) is 24.9 Å². The van der Waals surface area contributed by atoms with Crippen LogP contribution in [0.15, 0.2) is 6.20 Å². The average Bonchev–Trinajstić information content (AvgIpc) is 2.87. The Morgan fingerprint density at radius 3 is 3.13 bits per heavy atom.